The first-order chi connectivity index (χ1) is 11.2. The molecule has 0 bridgehead atoms. The summed E-state index contributed by atoms with van der Waals surface area (Å²) in [6, 6.07) is 10.5. The maximum absolute atomic E-state index is 11.0. The van der Waals surface area contributed by atoms with Gasteiger partial charge in [-0.1, -0.05) is 18.2 Å². The van der Waals surface area contributed by atoms with Crippen LogP contribution in [0.2, 0.25) is 0 Å². The Balaban J connectivity index is 1.66. The summed E-state index contributed by atoms with van der Waals surface area (Å²) < 4.78 is 5.59. The van der Waals surface area contributed by atoms with Crippen molar-refractivity contribution in [1.82, 2.24) is 10.8 Å². The van der Waals surface area contributed by atoms with Gasteiger partial charge in [0.1, 0.15) is 11.5 Å². The molecule has 1 unspecified atom stereocenters. The Hall–Kier alpha value is -2.37. The van der Waals surface area contributed by atoms with Gasteiger partial charge in [-0.05, 0) is 54.7 Å². The molecule has 0 saturated heterocycles. The van der Waals surface area contributed by atoms with Gasteiger partial charge in [-0.3, -0.25) is 10.0 Å². The van der Waals surface area contributed by atoms with Crippen molar-refractivity contribution in [3.63, 3.8) is 0 Å². The minimum absolute atomic E-state index is 0.328. The van der Waals surface area contributed by atoms with E-state index in [1.807, 2.05) is 25.1 Å². The number of furan rings is 1. The second kappa shape index (κ2) is 6.81. The molecule has 0 spiro atoms. The summed E-state index contributed by atoms with van der Waals surface area (Å²) >= 11 is 0. The van der Waals surface area contributed by atoms with Crippen LogP contribution in [0.5, 0.6) is 0 Å². The number of carbonyl (C=O) groups excluding carboxylic acids is 1. The third kappa shape index (κ3) is 3.70. The first-order valence-electron chi connectivity index (χ1n) is 7.69. The molecule has 1 heterocycles. The van der Waals surface area contributed by atoms with E-state index in [0.29, 0.717) is 6.04 Å². The molecule has 1 aromatic carbocycles. The molecular formula is C18H20N2O3. The number of hydroxylamine groups is 1. The van der Waals surface area contributed by atoms with Crippen molar-refractivity contribution < 1.29 is 14.4 Å². The molecule has 1 aliphatic carbocycles. The van der Waals surface area contributed by atoms with Gasteiger partial charge in [0.15, 0.2) is 0 Å². The fourth-order valence-electron chi connectivity index (χ4n) is 2.97. The Morgan fingerprint density at radius 3 is 3.00 bits per heavy atom. The van der Waals surface area contributed by atoms with Gasteiger partial charge in [-0.2, -0.15) is 0 Å². The Morgan fingerprint density at radius 1 is 1.39 bits per heavy atom. The van der Waals surface area contributed by atoms with Crippen molar-refractivity contribution in [2.24, 2.45) is 0 Å². The number of aryl methyl sites for hydroxylation is 2. The minimum Gasteiger partial charge on any atom is -0.465 e. The number of carbonyl (C=O) groups is 1. The smallest absolute Gasteiger partial charge is 0.267 e. The molecule has 0 fully saturated rings. The molecule has 0 radical (unpaired) electrons. The molecule has 1 aromatic heterocycles. The van der Waals surface area contributed by atoms with Crippen LogP contribution < -0.4 is 10.8 Å². The maximum atomic E-state index is 11.0. The molecule has 3 rings (SSSR count). The third-order valence-electron chi connectivity index (χ3n) is 4.10. The second-order valence-corrected chi connectivity index (χ2v) is 5.75. The minimum atomic E-state index is -0.529. The summed E-state index contributed by atoms with van der Waals surface area (Å²) in [5.74, 6) is 1.35. The Labute approximate surface area is 135 Å². The Morgan fingerprint density at radius 2 is 2.26 bits per heavy atom. The van der Waals surface area contributed by atoms with Gasteiger partial charge in [0.2, 0.25) is 0 Å². The molecular weight excluding hydrogens is 292 g/mol. The van der Waals surface area contributed by atoms with Crippen molar-refractivity contribution in [3.8, 4) is 0 Å². The predicted octanol–water partition coefficient (Wildman–Crippen LogP) is 2.88. The zero-order valence-electron chi connectivity index (χ0n) is 13.0. The number of rotatable bonds is 5. The highest BCUT2D eigenvalue weighted by Gasteiger charge is 2.22. The molecule has 5 heteroatoms. The molecule has 2 aromatic rings. The SMILES string of the molecule is Cc1ccc(CNC2CCc3cc(/C=C/C(=O)NO)ccc32)o1. The van der Waals surface area contributed by atoms with Gasteiger partial charge < -0.3 is 9.73 Å². The van der Waals surface area contributed by atoms with Crippen LogP contribution in [0, 0.1) is 6.92 Å². The van der Waals surface area contributed by atoms with Crippen molar-refractivity contribution in [2.45, 2.75) is 32.4 Å². The van der Waals surface area contributed by atoms with E-state index in [2.05, 4.69) is 17.4 Å². The van der Waals surface area contributed by atoms with E-state index in [9.17, 15) is 4.79 Å². The summed E-state index contributed by atoms with van der Waals surface area (Å²) in [6.45, 7) is 2.66. The first kappa shape index (κ1) is 15.5. The van der Waals surface area contributed by atoms with E-state index in [0.717, 1.165) is 36.5 Å². The Bertz CT molecular complexity index is 734. The lowest BCUT2D eigenvalue weighted by molar-refractivity contribution is -0.124. The van der Waals surface area contributed by atoms with Gasteiger partial charge in [-0.15, -0.1) is 0 Å². The zero-order valence-corrected chi connectivity index (χ0v) is 13.0. The van der Waals surface area contributed by atoms with Crippen molar-refractivity contribution in [1.29, 1.82) is 0 Å². The van der Waals surface area contributed by atoms with Crippen LogP contribution in [0.3, 0.4) is 0 Å². The monoisotopic (exact) mass is 312 g/mol. The number of benzene rings is 1. The zero-order chi connectivity index (χ0) is 16.2. The number of amides is 1. The average molecular weight is 312 g/mol. The molecule has 1 atom stereocenters. The van der Waals surface area contributed by atoms with E-state index in [1.54, 1.807) is 11.6 Å². The molecule has 1 amide bonds. The number of hydrogen-bond donors (Lipinski definition) is 3. The van der Waals surface area contributed by atoms with Crippen molar-refractivity contribution >= 4 is 12.0 Å². The highest BCUT2D eigenvalue weighted by Crippen LogP contribution is 2.32. The fourth-order valence-corrected chi connectivity index (χ4v) is 2.97. The predicted molar refractivity (Wildman–Crippen MR) is 86.8 cm³/mol. The van der Waals surface area contributed by atoms with Gasteiger partial charge >= 0.3 is 0 Å². The highest BCUT2D eigenvalue weighted by molar-refractivity contribution is 5.90. The van der Waals surface area contributed by atoms with Crippen molar-refractivity contribution in [2.75, 3.05) is 0 Å². The van der Waals surface area contributed by atoms with Crippen molar-refractivity contribution in [3.05, 3.63) is 64.6 Å². The summed E-state index contributed by atoms with van der Waals surface area (Å²) in [5, 5.41) is 12.0. The van der Waals surface area contributed by atoms with Gasteiger partial charge in [0, 0.05) is 12.1 Å². The molecule has 23 heavy (non-hydrogen) atoms. The lowest BCUT2D eigenvalue weighted by Gasteiger charge is -2.13. The highest BCUT2D eigenvalue weighted by atomic mass is 16.5. The van der Waals surface area contributed by atoms with Crippen LogP contribution in [-0.4, -0.2) is 11.1 Å². The third-order valence-corrected chi connectivity index (χ3v) is 4.10. The topological polar surface area (TPSA) is 74.5 Å². The largest absolute Gasteiger partial charge is 0.465 e. The van der Waals surface area contributed by atoms with Crippen LogP contribution >= 0.6 is 0 Å². The molecule has 3 N–H and O–H groups in total. The molecule has 5 nitrogen and oxygen atoms in total. The lowest BCUT2D eigenvalue weighted by Crippen LogP contribution is -2.18. The normalized spacial score (nSPS) is 16.7. The first-order valence-corrected chi connectivity index (χ1v) is 7.69. The quantitative estimate of drug-likeness (QED) is 0.451. The second-order valence-electron chi connectivity index (χ2n) is 5.75. The molecule has 0 aliphatic heterocycles. The molecule has 120 valence electrons. The van der Waals surface area contributed by atoms with E-state index in [4.69, 9.17) is 9.62 Å². The van der Waals surface area contributed by atoms with E-state index >= 15 is 0 Å². The van der Waals surface area contributed by atoms with Crippen LogP contribution in [-0.2, 0) is 17.8 Å². The maximum Gasteiger partial charge on any atom is 0.267 e. The number of hydrogen-bond acceptors (Lipinski definition) is 4. The van der Waals surface area contributed by atoms with Crippen LogP contribution in [0.15, 0.2) is 40.8 Å². The standard InChI is InChI=1S/C18H20N2O3/c1-12-2-6-15(23-12)11-19-17-8-5-14-10-13(3-7-16(14)17)4-9-18(21)20-22/h2-4,6-7,9-10,17,19,22H,5,8,11H2,1H3,(H,20,21)/b9-4+. The number of nitrogens with one attached hydrogen (secondary N) is 2. The van der Waals surface area contributed by atoms with E-state index in [1.165, 1.54) is 17.2 Å². The van der Waals surface area contributed by atoms with Crippen LogP contribution in [0.25, 0.3) is 6.08 Å². The van der Waals surface area contributed by atoms with E-state index in [-0.39, 0.29) is 0 Å². The van der Waals surface area contributed by atoms with Gasteiger partial charge in [0.25, 0.3) is 5.91 Å². The molecule has 0 saturated carbocycles. The van der Waals surface area contributed by atoms with E-state index < -0.39 is 5.91 Å². The summed E-state index contributed by atoms with van der Waals surface area (Å²) in [6.07, 6.45) is 5.07. The summed E-state index contributed by atoms with van der Waals surface area (Å²) in [5.41, 5.74) is 5.14. The lowest BCUT2D eigenvalue weighted by atomic mass is 10.0. The van der Waals surface area contributed by atoms with Crippen LogP contribution in [0.4, 0.5) is 0 Å². The molecule has 1 aliphatic rings. The summed E-state index contributed by atoms with van der Waals surface area (Å²) in [4.78, 5) is 11.0. The Kier molecular flexibility index (Phi) is 4.60. The van der Waals surface area contributed by atoms with Crippen LogP contribution in [0.1, 0.15) is 40.7 Å². The summed E-state index contributed by atoms with van der Waals surface area (Å²) in [7, 11) is 0. The van der Waals surface area contributed by atoms with Gasteiger partial charge in [-0.25, -0.2) is 5.48 Å². The van der Waals surface area contributed by atoms with Gasteiger partial charge in [0.05, 0.1) is 6.54 Å². The number of fused-ring (bicyclic) bond motifs is 1. The average Bonchev–Trinajstić information content (AvgIpc) is 3.16. The fraction of sp³-hybridized carbons (Fsp3) is 0.278.